The zero-order chi connectivity index (χ0) is 43.7. The summed E-state index contributed by atoms with van der Waals surface area (Å²) in [7, 11) is -9.33. The highest BCUT2D eigenvalue weighted by Crippen LogP contribution is 2.46. The van der Waals surface area contributed by atoms with Gasteiger partial charge in [-0.3, -0.25) is 13.8 Å². The molecule has 0 radical (unpaired) electrons. The van der Waals surface area contributed by atoms with Crippen LogP contribution in [-0.2, 0) is 46.6 Å². The summed E-state index contributed by atoms with van der Waals surface area (Å²) in [5.41, 5.74) is 4.14. The number of aromatic amines is 1. The lowest BCUT2D eigenvalue weighted by atomic mass is 9.92. The van der Waals surface area contributed by atoms with Gasteiger partial charge in [0.15, 0.2) is 9.84 Å². The number of anilines is 1. The van der Waals surface area contributed by atoms with Gasteiger partial charge in [-0.1, -0.05) is 44.2 Å². The van der Waals surface area contributed by atoms with E-state index in [-0.39, 0.29) is 45.2 Å². The van der Waals surface area contributed by atoms with Crippen molar-refractivity contribution < 1.29 is 40.2 Å². The summed E-state index contributed by atoms with van der Waals surface area (Å²) in [5, 5.41) is 3.63. The summed E-state index contributed by atoms with van der Waals surface area (Å²) in [6.07, 6.45) is -0.433. The van der Waals surface area contributed by atoms with Crippen molar-refractivity contribution >= 4 is 65.6 Å². The van der Waals surface area contributed by atoms with Gasteiger partial charge in [0, 0.05) is 53.6 Å². The van der Waals surface area contributed by atoms with Gasteiger partial charge in [0.2, 0.25) is 5.91 Å². The molecule has 2 aliphatic rings. The van der Waals surface area contributed by atoms with Gasteiger partial charge in [-0.25, -0.2) is 21.6 Å². The molecule has 324 valence electrons. The number of sulfone groups is 1. The maximum absolute atomic E-state index is 14.4. The van der Waals surface area contributed by atoms with Crippen LogP contribution in [0.2, 0.25) is 0 Å². The van der Waals surface area contributed by atoms with E-state index in [2.05, 4.69) is 39.1 Å². The molecule has 4 aromatic rings. The number of amides is 3. The Morgan fingerprint density at radius 1 is 1.03 bits per heavy atom. The molecule has 0 spiro atoms. The van der Waals surface area contributed by atoms with E-state index in [4.69, 9.17) is 4.74 Å². The van der Waals surface area contributed by atoms with Crippen LogP contribution in [0.15, 0.2) is 67.9 Å². The Bertz CT molecular complexity index is 2520. The average molecular weight is 901 g/mol. The van der Waals surface area contributed by atoms with Crippen LogP contribution in [0.5, 0.6) is 0 Å². The summed E-state index contributed by atoms with van der Waals surface area (Å²) in [5.74, 6) is -1.23. The molecule has 0 aliphatic carbocycles. The number of thiophene rings is 1. The van der Waals surface area contributed by atoms with Crippen molar-refractivity contribution in [2.45, 2.75) is 90.3 Å². The topological polar surface area (TPSA) is 204 Å². The van der Waals surface area contributed by atoms with Crippen LogP contribution < -0.4 is 15.4 Å². The van der Waals surface area contributed by atoms with E-state index in [1.54, 1.807) is 55.5 Å². The summed E-state index contributed by atoms with van der Waals surface area (Å²) in [6, 6.07) is 13.7. The maximum atomic E-state index is 14.4. The van der Waals surface area contributed by atoms with Crippen molar-refractivity contribution in [3.63, 3.8) is 0 Å². The number of benzene rings is 2. The number of hydrogen-bond acceptors (Lipinski definition) is 11. The van der Waals surface area contributed by atoms with Gasteiger partial charge < -0.3 is 30.2 Å². The van der Waals surface area contributed by atoms with Crippen molar-refractivity contribution in [3.05, 3.63) is 93.8 Å². The van der Waals surface area contributed by atoms with Gasteiger partial charge >= 0.3 is 6.09 Å². The predicted octanol–water partition coefficient (Wildman–Crippen LogP) is 5.52. The Hall–Kier alpha value is -4.40. The van der Waals surface area contributed by atoms with Crippen LogP contribution in [0.1, 0.15) is 95.4 Å². The number of carbonyl (C=O) groups excluding carboxylic acids is 3. The molecular weight excluding hydrogens is 849 g/mol. The normalized spacial score (nSPS) is 19.3. The molecule has 2 aromatic carbocycles. The molecule has 6 rings (SSSR count). The SMILES string of the molecule is CCN(CC)CCNC(=O)c1c(C)[nH]c(CC2C(=O)Nc3ccc(C(NS(=O)(=O)c4cc5c(s4)S(=O)(=O)[C@@H](C)C[C@@H]5N(CC)C(=O)OC)S(=O)c4ccccc4)cc32)c1C. The number of aromatic nitrogens is 1. The first-order valence-electron chi connectivity index (χ1n) is 19.8. The Labute approximate surface area is 358 Å². The zero-order valence-electron chi connectivity index (χ0n) is 34.7. The fourth-order valence-corrected chi connectivity index (χ4v) is 14.8. The molecule has 2 aromatic heterocycles. The molecule has 15 nitrogen and oxygen atoms in total. The Kier molecular flexibility index (Phi) is 13.8. The Morgan fingerprint density at radius 2 is 1.73 bits per heavy atom. The van der Waals surface area contributed by atoms with Crippen molar-refractivity contribution in [1.82, 2.24) is 24.8 Å². The second kappa shape index (κ2) is 18.3. The standard InChI is InChI=1S/C41H52N6O9S4/c1-8-46(9-2)19-18-42-38(49)36-25(5)33(43-26(36)6)22-30-29-21-27(16-17-32(29)44-37(30)48)39(58(51)28-14-12-11-13-15-28)45-60(54,55)35-23-31-34(47(10-3)41(50)56-7)20-24(4)59(52,53)40(31)57-35/h11-17,21,23-24,30,34,39,43,45H,8-10,18-20,22H2,1-7H3,(H,42,49)(H,44,48)/t24-,30?,34-,39?,58?/m0/s1. The molecule has 19 heteroatoms. The minimum atomic E-state index is -4.57. The summed E-state index contributed by atoms with van der Waals surface area (Å²) < 4.78 is 77.5. The number of H-pyrrole nitrogens is 1. The van der Waals surface area contributed by atoms with E-state index in [9.17, 15) is 35.4 Å². The number of sulfonamides is 1. The number of carbonyl (C=O) groups is 3. The maximum Gasteiger partial charge on any atom is 0.409 e. The van der Waals surface area contributed by atoms with E-state index in [0.717, 1.165) is 13.1 Å². The Morgan fingerprint density at radius 3 is 2.38 bits per heavy atom. The third-order valence-electron chi connectivity index (χ3n) is 11.4. The van der Waals surface area contributed by atoms with Gasteiger partial charge in [-0.05, 0) is 88.2 Å². The molecule has 0 bridgehead atoms. The molecule has 0 saturated carbocycles. The van der Waals surface area contributed by atoms with Gasteiger partial charge in [0.05, 0.1) is 40.7 Å². The highest BCUT2D eigenvalue weighted by atomic mass is 32.3. The van der Waals surface area contributed by atoms with Crippen molar-refractivity contribution in [2.75, 3.05) is 45.2 Å². The average Bonchev–Trinajstić information content (AvgIpc) is 3.91. The molecule has 3 amide bonds. The second-order valence-corrected chi connectivity index (χ2v) is 22.0. The smallest absolute Gasteiger partial charge is 0.409 e. The molecule has 4 heterocycles. The minimum Gasteiger partial charge on any atom is -0.453 e. The van der Waals surface area contributed by atoms with Gasteiger partial charge in [0.1, 0.15) is 13.8 Å². The number of fused-ring (bicyclic) bond motifs is 2. The summed E-state index contributed by atoms with van der Waals surface area (Å²) in [4.78, 5) is 46.8. The van der Waals surface area contributed by atoms with Crippen LogP contribution >= 0.6 is 11.3 Å². The van der Waals surface area contributed by atoms with E-state index >= 15 is 0 Å². The monoisotopic (exact) mass is 900 g/mol. The summed E-state index contributed by atoms with van der Waals surface area (Å²) >= 11 is 0.580. The van der Waals surface area contributed by atoms with E-state index < -0.39 is 59.3 Å². The number of methoxy groups -OCH3 is 1. The largest absolute Gasteiger partial charge is 0.453 e. The number of aryl methyl sites for hydroxylation is 1. The first kappa shape index (κ1) is 45.1. The van der Waals surface area contributed by atoms with Crippen LogP contribution in [-0.4, -0.2) is 98.8 Å². The number of rotatable bonds is 16. The molecule has 3 unspecified atom stereocenters. The fourth-order valence-electron chi connectivity index (χ4n) is 7.95. The van der Waals surface area contributed by atoms with Crippen LogP contribution in [0.25, 0.3) is 0 Å². The lowest BCUT2D eigenvalue weighted by Gasteiger charge is -2.34. The van der Waals surface area contributed by atoms with Crippen molar-refractivity contribution in [2.24, 2.45) is 0 Å². The lowest BCUT2D eigenvalue weighted by molar-refractivity contribution is -0.117. The molecule has 60 heavy (non-hydrogen) atoms. The molecule has 0 fully saturated rings. The number of hydrogen-bond donors (Lipinski definition) is 4. The van der Waals surface area contributed by atoms with Gasteiger partial charge in [-0.2, -0.15) is 4.72 Å². The number of ether oxygens (including phenoxy) is 1. The summed E-state index contributed by atoms with van der Waals surface area (Å²) in [6.45, 7) is 14.2. The minimum absolute atomic E-state index is 0.0403. The van der Waals surface area contributed by atoms with E-state index in [1.165, 1.54) is 25.0 Å². The van der Waals surface area contributed by atoms with E-state index in [1.807, 2.05) is 13.8 Å². The van der Waals surface area contributed by atoms with E-state index in [0.29, 0.717) is 68.7 Å². The first-order chi connectivity index (χ1) is 28.5. The Balaban J connectivity index is 1.34. The quantitative estimate of drug-likeness (QED) is 0.111. The van der Waals surface area contributed by atoms with Crippen molar-refractivity contribution in [3.8, 4) is 0 Å². The predicted molar refractivity (Wildman–Crippen MR) is 231 cm³/mol. The number of nitrogens with one attached hydrogen (secondary N) is 4. The number of likely N-dealkylation sites (N-methyl/N-ethyl adjacent to an activating group) is 1. The highest BCUT2D eigenvalue weighted by molar-refractivity contribution is 7.96. The fraction of sp³-hybridized carbons (Fsp3) is 0.439. The van der Waals surface area contributed by atoms with Gasteiger partial charge in [-0.15, -0.1) is 11.3 Å². The molecule has 5 atom stereocenters. The molecule has 2 aliphatic heterocycles. The third kappa shape index (κ3) is 8.83. The highest BCUT2D eigenvalue weighted by Gasteiger charge is 2.44. The van der Waals surface area contributed by atoms with Crippen LogP contribution in [0.4, 0.5) is 10.5 Å². The zero-order valence-corrected chi connectivity index (χ0v) is 37.9. The van der Waals surface area contributed by atoms with Crippen LogP contribution in [0.3, 0.4) is 0 Å². The lowest BCUT2D eigenvalue weighted by Crippen LogP contribution is -2.40. The molecule has 0 saturated heterocycles. The third-order valence-corrected chi connectivity index (χ3v) is 18.9. The van der Waals surface area contributed by atoms with Crippen molar-refractivity contribution in [1.29, 1.82) is 0 Å². The first-order valence-corrected chi connectivity index (χ1v) is 24.9. The molecular formula is C41H52N6O9S4. The second-order valence-electron chi connectivity index (χ2n) is 14.9. The van der Waals surface area contributed by atoms with Gasteiger partial charge in [0.25, 0.3) is 15.9 Å². The number of nitrogens with zero attached hydrogens (tertiary/aromatic N) is 2. The van der Waals surface area contributed by atoms with Crippen LogP contribution in [0, 0.1) is 13.8 Å². The molecule has 4 N–H and O–H groups in total.